The molecular weight excluding hydrogens is 322 g/mol. The maximum absolute atomic E-state index is 12.4. The fraction of sp³-hybridized carbons (Fsp3) is 0.889. The molecule has 6 heteroatoms. The predicted molar refractivity (Wildman–Crippen MR) is 96.1 cm³/mol. The molecule has 1 amide bonds. The second kappa shape index (κ2) is 6.79. The van der Waals surface area contributed by atoms with Crippen molar-refractivity contribution in [3.8, 4) is 0 Å². The number of carbonyl (C=O) groups excluding carboxylic acids is 1. The minimum atomic E-state index is 0.0817. The molecule has 4 saturated carbocycles. The number of hydrogen-bond acceptors (Lipinski definition) is 3. The topological polar surface area (TPSA) is 62.4 Å². The summed E-state index contributed by atoms with van der Waals surface area (Å²) < 4.78 is 5.55. The van der Waals surface area contributed by atoms with Crippen molar-refractivity contribution in [3.63, 3.8) is 0 Å². The molecule has 0 radical (unpaired) electrons. The Morgan fingerprint density at radius 2 is 1.75 bits per heavy atom. The zero-order chi connectivity index (χ0) is 16.6. The fourth-order valence-electron chi connectivity index (χ4n) is 6.07. The Morgan fingerprint density at radius 1 is 1.08 bits per heavy atom. The molecule has 3 N–H and O–H groups in total. The van der Waals surface area contributed by atoms with E-state index in [0.717, 1.165) is 37.2 Å². The molecule has 5 rings (SSSR count). The molecule has 4 bridgehead atoms. The van der Waals surface area contributed by atoms with Crippen molar-refractivity contribution in [2.45, 2.75) is 63.9 Å². The van der Waals surface area contributed by atoms with Crippen LogP contribution in [0.2, 0.25) is 0 Å². The Balaban J connectivity index is 1.20. The maximum atomic E-state index is 12.4. The molecule has 5 fully saturated rings. The van der Waals surface area contributed by atoms with E-state index in [2.05, 4.69) is 16.2 Å². The lowest BCUT2D eigenvalue weighted by molar-refractivity contribution is -0.130. The molecular formula is C18H29N3O2S. The van der Waals surface area contributed by atoms with Crippen LogP contribution >= 0.6 is 12.2 Å². The van der Waals surface area contributed by atoms with Gasteiger partial charge >= 0.3 is 0 Å². The van der Waals surface area contributed by atoms with Gasteiger partial charge in [0.2, 0.25) is 5.91 Å². The summed E-state index contributed by atoms with van der Waals surface area (Å²) in [6, 6.07) is 0. The van der Waals surface area contributed by atoms with Gasteiger partial charge in [0, 0.05) is 19.6 Å². The molecule has 1 aliphatic heterocycles. The highest BCUT2D eigenvalue weighted by Gasteiger charge is 2.51. The van der Waals surface area contributed by atoms with E-state index in [0.29, 0.717) is 18.1 Å². The average molecular weight is 352 g/mol. The Kier molecular flexibility index (Phi) is 4.69. The summed E-state index contributed by atoms with van der Waals surface area (Å²) in [7, 11) is 0. The standard InChI is InChI=1S/C18H29N3O2S/c22-16(20-21-17(24)19-11-15-2-1-3-23-15)10-18-7-12-4-13(8-18)6-14(5-12)9-18/h12-15H,1-11H2,(H,20,22)(H2,19,21,24). The van der Waals surface area contributed by atoms with Crippen LogP contribution in [0.5, 0.6) is 0 Å². The van der Waals surface area contributed by atoms with E-state index in [9.17, 15) is 4.79 Å². The Morgan fingerprint density at radius 3 is 2.33 bits per heavy atom. The monoisotopic (exact) mass is 351 g/mol. The first-order valence-electron chi connectivity index (χ1n) is 9.54. The summed E-state index contributed by atoms with van der Waals surface area (Å²) in [5, 5.41) is 3.60. The molecule has 1 unspecified atom stereocenters. The van der Waals surface area contributed by atoms with Gasteiger partial charge in [-0.05, 0) is 86.8 Å². The van der Waals surface area contributed by atoms with E-state index >= 15 is 0 Å². The van der Waals surface area contributed by atoms with E-state index in [-0.39, 0.29) is 17.4 Å². The van der Waals surface area contributed by atoms with Crippen molar-refractivity contribution < 1.29 is 9.53 Å². The zero-order valence-electron chi connectivity index (χ0n) is 14.3. The largest absolute Gasteiger partial charge is 0.376 e. The van der Waals surface area contributed by atoms with Crippen LogP contribution in [0.25, 0.3) is 0 Å². The lowest BCUT2D eigenvalue weighted by atomic mass is 9.49. The van der Waals surface area contributed by atoms with Gasteiger partial charge in [0.1, 0.15) is 0 Å². The van der Waals surface area contributed by atoms with E-state index in [1.807, 2.05) is 0 Å². The van der Waals surface area contributed by atoms with Gasteiger partial charge in [-0.25, -0.2) is 0 Å². The molecule has 1 saturated heterocycles. The number of carbonyl (C=O) groups is 1. The summed E-state index contributed by atoms with van der Waals surface area (Å²) in [5.41, 5.74) is 5.92. The normalized spacial score (nSPS) is 39.7. The van der Waals surface area contributed by atoms with E-state index < -0.39 is 0 Å². The molecule has 134 valence electrons. The minimum Gasteiger partial charge on any atom is -0.376 e. The number of thiocarbonyl (C=S) groups is 1. The third-order valence-electron chi connectivity index (χ3n) is 6.53. The van der Waals surface area contributed by atoms with Gasteiger partial charge in [-0.1, -0.05) is 0 Å². The summed E-state index contributed by atoms with van der Waals surface area (Å²) in [5.74, 6) is 2.72. The van der Waals surface area contributed by atoms with Crippen LogP contribution in [-0.2, 0) is 9.53 Å². The van der Waals surface area contributed by atoms with Crippen LogP contribution in [0.4, 0.5) is 0 Å². The number of hydrogen-bond donors (Lipinski definition) is 3. The van der Waals surface area contributed by atoms with Crippen molar-refractivity contribution in [1.82, 2.24) is 16.2 Å². The number of amides is 1. The maximum Gasteiger partial charge on any atom is 0.238 e. The summed E-state index contributed by atoms with van der Waals surface area (Å²) in [4.78, 5) is 12.4. The van der Waals surface area contributed by atoms with Gasteiger partial charge in [-0.3, -0.25) is 15.6 Å². The third-order valence-corrected chi connectivity index (χ3v) is 6.78. The van der Waals surface area contributed by atoms with Gasteiger partial charge in [-0.15, -0.1) is 0 Å². The number of hydrazine groups is 1. The Bertz CT molecular complexity index is 469. The second-order valence-corrected chi connectivity index (χ2v) is 9.02. The van der Waals surface area contributed by atoms with Crippen molar-refractivity contribution in [3.05, 3.63) is 0 Å². The lowest BCUT2D eigenvalue weighted by Gasteiger charge is -2.56. The van der Waals surface area contributed by atoms with Crippen LogP contribution in [0.15, 0.2) is 0 Å². The molecule has 0 aromatic carbocycles. The number of nitrogens with one attached hydrogen (secondary N) is 3. The molecule has 1 atom stereocenters. The Hall–Kier alpha value is -0.880. The zero-order valence-corrected chi connectivity index (χ0v) is 15.1. The highest BCUT2D eigenvalue weighted by Crippen LogP contribution is 2.61. The molecule has 24 heavy (non-hydrogen) atoms. The van der Waals surface area contributed by atoms with Crippen LogP contribution in [-0.4, -0.2) is 30.3 Å². The molecule has 5 aliphatic rings. The predicted octanol–water partition coefficient (Wildman–Crippen LogP) is 2.27. The van der Waals surface area contributed by atoms with Crippen molar-refractivity contribution in [2.24, 2.45) is 23.2 Å². The highest BCUT2D eigenvalue weighted by molar-refractivity contribution is 7.80. The van der Waals surface area contributed by atoms with Gasteiger partial charge in [-0.2, -0.15) is 0 Å². The SMILES string of the molecule is O=C(CC12CC3CC(CC(C3)C1)C2)NNC(=S)NCC1CCCO1. The van der Waals surface area contributed by atoms with E-state index in [1.165, 1.54) is 38.5 Å². The highest BCUT2D eigenvalue weighted by atomic mass is 32.1. The van der Waals surface area contributed by atoms with Crippen LogP contribution < -0.4 is 16.2 Å². The molecule has 4 aliphatic carbocycles. The van der Waals surface area contributed by atoms with Gasteiger partial charge < -0.3 is 10.1 Å². The minimum absolute atomic E-state index is 0.0817. The molecule has 5 nitrogen and oxygen atoms in total. The summed E-state index contributed by atoms with van der Waals surface area (Å²) in [6.45, 7) is 1.55. The smallest absolute Gasteiger partial charge is 0.238 e. The molecule has 0 aromatic rings. The van der Waals surface area contributed by atoms with Crippen molar-refractivity contribution in [1.29, 1.82) is 0 Å². The van der Waals surface area contributed by atoms with Crippen LogP contribution in [0.3, 0.4) is 0 Å². The first kappa shape index (κ1) is 16.6. The van der Waals surface area contributed by atoms with E-state index in [1.54, 1.807) is 0 Å². The first-order chi connectivity index (χ1) is 11.6. The lowest BCUT2D eigenvalue weighted by Crippen LogP contribution is -2.51. The van der Waals surface area contributed by atoms with Crippen molar-refractivity contribution >= 4 is 23.2 Å². The average Bonchev–Trinajstić information content (AvgIpc) is 3.02. The first-order valence-corrected chi connectivity index (χ1v) is 9.95. The van der Waals surface area contributed by atoms with Crippen LogP contribution in [0.1, 0.15) is 57.8 Å². The number of rotatable bonds is 4. The number of ether oxygens (including phenoxy) is 1. The summed E-state index contributed by atoms with van der Waals surface area (Å²) >= 11 is 5.23. The van der Waals surface area contributed by atoms with Gasteiger partial charge in [0.25, 0.3) is 0 Å². The van der Waals surface area contributed by atoms with Gasteiger partial charge in [0.05, 0.1) is 6.10 Å². The fourth-order valence-corrected chi connectivity index (χ4v) is 6.21. The summed E-state index contributed by atoms with van der Waals surface area (Å²) in [6.07, 6.45) is 11.1. The quantitative estimate of drug-likeness (QED) is 0.536. The van der Waals surface area contributed by atoms with Crippen molar-refractivity contribution in [2.75, 3.05) is 13.2 Å². The molecule has 0 spiro atoms. The third kappa shape index (κ3) is 3.69. The van der Waals surface area contributed by atoms with Gasteiger partial charge in [0.15, 0.2) is 5.11 Å². The molecule has 1 heterocycles. The second-order valence-electron chi connectivity index (χ2n) is 8.61. The van der Waals surface area contributed by atoms with Crippen LogP contribution in [0, 0.1) is 23.2 Å². The van der Waals surface area contributed by atoms with E-state index in [4.69, 9.17) is 17.0 Å². The molecule has 0 aromatic heterocycles. The Labute approximate surface area is 149 Å².